The molecule has 2 aromatic rings. The molecule has 2 amide bonds. The summed E-state index contributed by atoms with van der Waals surface area (Å²) in [5.74, 6) is 0.0986. The molecule has 1 aliphatic rings. The van der Waals surface area contributed by atoms with Gasteiger partial charge in [0.1, 0.15) is 5.75 Å². The number of methoxy groups -OCH3 is 1. The number of amides is 2. The first-order valence-electron chi connectivity index (χ1n) is 11.9. The molecule has 8 heteroatoms. The number of benzene rings is 1. The van der Waals surface area contributed by atoms with Gasteiger partial charge >= 0.3 is 5.97 Å². The van der Waals surface area contributed by atoms with E-state index in [2.05, 4.69) is 11.4 Å². The molecule has 0 aliphatic carbocycles. The fourth-order valence-corrected chi connectivity index (χ4v) is 5.13. The van der Waals surface area contributed by atoms with Gasteiger partial charge in [0, 0.05) is 24.4 Å². The molecule has 0 radical (unpaired) electrons. The van der Waals surface area contributed by atoms with Crippen LogP contribution in [0.5, 0.6) is 5.75 Å². The van der Waals surface area contributed by atoms with Crippen LogP contribution in [-0.2, 0) is 25.5 Å². The molecule has 1 unspecified atom stereocenters. The van der Waals surface area contributed by atoms with E-state index >= 15 is 0 Å². The third kappa shape index (κ3) is 6.38. The molecular formula is C26H34N2O5S. The van der Waals surface area contributed by atoms with Gasteiger partial charge in [-0.05, 0) is 54.5 Å². The molecule has 1 aromatic heterocycles. The topological polar surface area (TPSA) is 76.2 Å². The summed E-state index contributed by atoms with van der Waals surface area (Å²) in [5, 5.41) is 2.07. The maximum atomic E-state index is 13.6. The molecule has 1 aliphatic heterocycles. The Hall–Kier alpha value is -2.87. The third-order valence-electron chi connectivity index (χ3n) is 6.03. The second-order valence-corrected chi connectivity index (χ2v) is 9.29. The minimum absolute atomic E-state index is 0.00772. The van der Waals surface area contributed by atoms with Gasteiger partial charge in [-0.2, -0.15) is 0 Å². The zero-order valence-electron chi connectivity index (χ0n) is 20.2. The van der Waals surface area contributed by atoms with Crippen LogP contribution in [0, 0.1) is 0 Å². The SMILES string of the molecule is CCCCN(CC(=O)N1CCc2sccc2C1c1ccc(OC)cc1)C(=O)CCC(=O)OCC. The number of hydrogen-bond acceptors (Lipinski definition) is 6. The average Bonchev–Trinajstić information content (AvgIpc) is 3.33. The van der Waals surface area contributed by atoms with E-state index in [4.69, 9.17) is 9.47 Å². The highest BCUT2D eigenvalue weighted by Gasteiger charge is 2.34. The molecule has 0 N–H and O–H groups in total. The van der Waals surface area contributed by atoms with Gasteiger partial charge in [0.15, 0.2) is 0 Å². The van der Waals surface area contributed by atoms with Crippen LogP contribution < -0.4 is 4.74 Å². The summed E-state index contributed by atoms with van der Waals surface area (Å²) < 4.78 is 10.2. The van der Waals surface area contributed by atoms with E-state index in [1.165, 1.54) is 4.88 Å². The quantitative estimate of drug-likeness (QED) is 0.445. The predicted molar refractivity (Wildman–Crippen MR) is 132 cm³/mol. The van der Waals surface area contributed by atoms with Gasteiger partial charge in [-0.15, -0.1) is 11.3 Å². The molecule has 3 rings (SSSR count). The van der Waals surface area contributed by atoms with E-state index < -0.39 is 5.97 Å². The molecule has 0 fully saturated rings. The number of thiophene rings is 1. The molecule has 7 nitrogen and oxygen atoms in total. The number of carbonyl (C=O) groups is 3. The van der Waals surface area contributed by atoms with Crippen LogP contribution in [0.15, 0.2) is 35.7 Å². The average molecular weight is 487 g/mol. The van der Waals surface area contributed by atoms with Crippen LogP contribution in [0.3, 0.4) is 0 Å². The number of hydrogen-bond donors (Lipinski definition) is 0. The monoisotopic (exact) mass is 486 g/mol. The first-order valence-corrected chi connectivity index (χ1v) is 12.8. The van der Waals surface area contributed by atoms with E-state index in [1.807, 2.05) is 36.1 Å². The van der Waals surface area contributed by atoms with E-state index in [0.717, 1.165) is 36.1 Å². The van der Waals surface area contributed by atoms with Crippen molar-refractivity contribution in [1.29, 1.82) is 0 Å². The van der Waals surface area contributed by atoms with Gasteiger partial charge in [0.25, 0.3) is 0 Å². The summed E-state index contributed by atoms with van der Waals surface area (Å²) >= 11 is 1.72. The minimum Gasteiger partial charge on any atom is -0.497 e. The van der Waals surface area contributed by atoms with Gasteiger partial charge < -0.3 is 19.3 Å². The van der Waals surface area contributed by atoms with Crippen molar-refractivity contribution in [3.63, 3.8) is 0 Å². The van der Waals surface area contributed by atoms with Gasteiger partial charge in [-0.1, -0.05) is 25.5 Å². The van der Waals surface area contributed by atoms with Gasteiger partial charge in [-0.3, -0.25) is 14.4 Å². The van der Waals surface area contributed by atoms with Crippen LogP contribution in [-0.4, -0.2) is 60.9 Å². The highest BCUT2D eigenvalue weighted by atomic mass is 32.1. The van der Waals surface area contributed by atoms with Gasteiger partial charge in [-0.25, -0.2) is 0 Å². The van der Waals surface area contributed by atoms with Crippen LogP contribution in [0.2, 0.25) is 0 Å². The van der Waals surface area contributed by atoms with E-state index in [0.29, 0.717) is 13.1 Å². The van der Waals surface area contributed by atoms with Crippen molar-refractivity contribution >= 4 is 29.1 Å². The number of esters is 1. The molecular weight excluding hydrogens is 452 g/mol. The number of unbranched alkanes of at least 4 members (excludes halogenated alkanes) is 1. The van der Waals surface area contributed by atoms with Crippen LogP contribution in [0.4, 0.5) is 0 Å². The van der Waals surface area contributed by atoms with Crippen LogP contribution in [0.1, 0.15) is 61.6 Å². The summed E-state index contributed by atoms with van der Waals surface area (Å²) in [6, 6.07) is 9.70. The standard InChI is InChI=1S/C26H34N2O5S/c1-4-6-15-27(23(29)11-12-25(31)33-5-2)18-24(30)28-16-13-22-21(14-17-34-22)26(28)19-7-9-20(32-3)10-8-19/h7-10,14,17,26H,4-6,11-13,15-16,18H2,1-3H3. The van der Waals surface area contributed by atoms with Crippen molar-refractivity contribution < 1.29 is 23.9 Å². The molecule has 2 heterocycles. The van der Waals surface area contributed by atoms with Crippen LogP contribution in [0.25, 0.3) is 0 Å². The lowest BCUT2D eigenvalue weighted by Crippen LogP contribution is -2.47. The summed E-state index contributed by atoms with van der Waals surface area (Å²) in [4.78, 5) is 42.9. The van der Waals surface area contributed by atoms with E-state index in [9.17, 15) is 14.4 Å². The van der Waals surface area contributed by atoms with Gasteiger partial charge in [0.05, 0.1) is 32.7 Å². The fourth-order valence-electron chi connectivity index (χ4n) is 4.23. The Kier molecular flexibility index (Phi) is 9.51. The Bertz CT molecular complexity index is 972. The lowest BCUT2D eigenvalue weighted by Gasteiger charge is -2.37. The van der Waals surface area contributed by atoms with Crippen molar-refractivity contribution in [3.8, 4) is 5.75 Å². The van der Waals surface area contributed by atoms with Crippen molar-refractivity contribution in [3.05, 3.63) is 51.7 Å². The minimum atomic E-state index is -0.391. The Labute approximate surface area is 205 Å². The lowest BCUT2D eigenvalue weighted by molar-refractivity contribution is -0.146. The van der Waals surface area contributed by atoms with Gasteiger partial charge in [0.2, 0.25) is 11.8 Å². The highest BCUT2D eigenvalue weighted by Crippen LogP contribution is 2.38. The maximum absolute atomic E-state index is 13.6. The summed E-state index contributed by atoms with van der Waals surface area (Å²) in [7, 11) is 1.63. The van der Waals surface area contributed by atoms with Crippen molar-refractivity contribution in [1.82, 2.24) is 9.80 Å². The Balaban J connectivity index is 1.78. The molecule has 0 spiro atoms. The molecule has 0 bridgehead atoms. The smallest absolute Gasteiger partial charge is 0.306 e. The number of nitrogens with zero attached hydrogens (tertiary/aromatic N) is 2. The Morgan fingerprint density at radius 2 is 1.88 bits per heavy atom. The normalized spacial score (nSPS) is 14.9. The first-order chi connectivity index (χ1) is 16.5. The number of rotatable bonds is 11. The summed E-state index contributed by atoms with van der Waals surface area (Å²) in [6.07, 6.45) is 2.59. The van der Waals surface area contributed by atoms with Crippen molar-refractivity contribution in [2.45, 2.75) is 52.0 Å². The lowest BCUT2D eigenvalue weighted by atomic mass is 9.93. The Morgan fingerprint density at radius 1 is 1.12 bits per heavy atom. The van der Waals surface area contributed by atoms with Crippen molar-refractivity contribution in [2.75, 3.05) is 33.4 Å². The highest BCUT2D eigenvalue weighted by molar-refractivity contribution is 7.10. The zero-order chi connectivity index (χ0) is 24.5. The van der Waals surface area contributed by atoms with E-state index in [-0.39, 0.29) is 43.8 Å². The van der Waals surface area contributed by atoms with Crippen LogP contribution >= 0.6 is 11.3 Å². The largest absolute Gasteiger partial charge is 0.497 e. The zero-order valence-corrected chi connectivity index (χ0v) is 21.1. The fraction of sp³-hybridized carbons (Fsp3) is 0.500. The number of carbonyl (C=O) groups excluding carboxylic acids is 3. The Morgan fingerprint density at radius 3 is 2.56 bits per heavy atom. The second kappa shape index (κ2) is 12.6. The predicted octanol–water partition coefficient (Wildman–Crippen LogP) is 4.20. The second-order valence-electron chi connectivity index (χ2n) is 8.29. The molecule has 34 heavy (non-hydrogen) atoms. The van der Waals surface area contributed by atoms with Crippen molar-refractivity contribution in [2.24, 2.45) is 0 Å². The number of ether oxygens (including phenoxy) is 2. The maximum Gasteiger partial charge on any atom is 0.306 e. The molecule has 0 saturated heterocycles. The summed E-state index contributed by atoms with van der Waals surface area (Å²) in [5.41, 5.74) is 2.16. The molecule has 1 atom stereocenters. The third-order valence-corrected chi connectivity index (χ3v) is 7.02. The summed E-state index contributed by atoms with van der Waals surface area (Å²) in [6.45, 7) is 5.18. The molecule has 1 aromatic carbocycles. The molecule has 0 saturated carbocycles. The molecule has 184 valence electrons. The number of fused-ring (bicyclic) bond motifs is 1. The van der Waals surface area contributed by atoms with E-state index in [1.54, 1.807) is 30.3 Å². The first kappa shape index (κ1) is 25.7.